The van der Waals surface area contributed by atoms with E-state index in [1.54, 1.807) is 0 Å². The molecule has 2 nitrogen and oxygen atoms in total. The second-order valence-corrected chi connectivity index (χ2v) is 4.34. The minimum absolute atomic E-state index is 0.447. The molecule has 20 heavy (non-hydrogen) atoms. The van der Waals surface area contributed by atoms with Crippen molar-refractivity contribution in [2.24, 2.45) is 0 Å². The van der Waals surface area contributed by atoms with Crippen LogP contribution < -0.4 is 0 Å². The number of rotatable bonds is 3. The van der Waals surface area contributed by atoms with E-state index in [0.717, 1.165) is 6.07 Å². The minimum atomic E-state index is -5.87. The number of benzene rings is 1. The predicted molar refractivity (Wildman–Crippen MR) is 57.7 cm³/mol. The van der Waals surface area contributed by atoms with Crippen LogP contribution >= 0.6 is 23.2 Å². The molecule has 0 heterocycles. The maximum atomic E-state index is 13.1. The lowest BCUT2D eigenvalue weighted by Gasteiger charge is -2.19. The maximum absolute atomic E-state index is 13.1. The van der Waals surface area contributed by atoms with Crippen LogP contribution in [0.15, 0.2) is 12.1 Å². The van der Waals surface area contributed by atoms with E-state index >= 15 is 0 Å². The summed E-state index contributed by atoms with van der Waals surface area (Å²) in [6, 6.07) is 1.26. The Bertz CT molecular complexity index is 529. The van der Waals surface area contributed by atoms with E-state index in [-0.39, 0.29) is 0 Å². The van der Waals surface area contributed by atoms with Crippen LogP contribution in [0.3, 0.4) is 0 Å². The van der Waals surface area contributed by atoms with E-state index in [1.165, 1.54) is 0 Å². The van der Waals surface area contributed by atoms with Crippen LogP contribution in [0.4, 0.5) is 26.3 Å². The lowest BCUT2D eigenvalue weighted by Crippen LogP contribution is -2.41. The number of alkyl halides is 5. The number of carbonyl (C=O) groups excluding carboxylic acids is 1. The highest BCUT2D eigenvalue weighted by molar-refractivity contribution is 6.36. The Morgan fingerprint density at radius 2 is 1.65 bits per heavy atom. The van der Waals surface area contributed by atoms with Gasteiger partial charge in [0, 0.05) is 0 Å². The van der Waals surface area contributed by atoms with E-state index in [9.17, 15) is 31.1 Å². The van der Waals surface area contributed by atoms with Gasteiger partial charge in [0.15, 0.2) is 6.61 Å². The molecule has 0 aliphatic carbocycles. The second kappa shape index (κ2) is 5.69. The second-order valence-electron chi connectivity index (χ2n) is 3.52. The lowest BCUT2D eigenvalue weighted by atomic mass is 10.2. The normalized spacial score (nSPS) is 12.4. The van der Waals surface area contributed by atoms with E-state index < -0.39 is 46.1 Å². The van der Waals surface area contributed by atoms with Gasteiger partial charge in [0.1, 0.15) is 5.82 Å². The first kappa shape index (κ1) is 16.9. The molecule has 0 aliphatic heterocycles. The van der Waals surface area contributed by atoms with Crippen molar-refractivity contribution in [3.63, 3.8) is 0 Å². The number of carbonyl (C=O) groups is 1. The zero-order valence-corrected chi connectivity index (χ0v) is 10.7. The maximum Gasteiger partial charge on any atom is 0.456 e. The van der Waals surface area contributed by atoms with Gasteiger partial charge in [0.2, 0.25) is 0 Å². The molecule has 0 spiro atoms. The lowest BCUT2D eigenvalue weighted by molar-refractivity contribution is -0.292. The Balaban J connectivity index is 2.86. The summed E-state index contributed by atoms with van der Waals surface area (Å²) in [5.74, 6) is -7.96. The molecule has 0 atom stereocenters. The molecule has 0 aliphatic rings. The van der Waals surface area contributed by atoms with E-state index in [2.05, 4.69) is 4.74 Å². The van der Waals surface area contributed by atoms with Crippen molar-refractivity contribution in [2.45, 2.75) is 12.1 Å². The summed E-state index contributed by atoms with van der Waals surface area (Å²) in [6.45, 7) is -2.24. The summed E-state index contributed by atoms with van der Waals surface area (Å²) in [5.41, 5.74) is -0.716. The zero-order chi connectivity index (χ0) is 15.7. The molecule has 0 amide bonds. The first-order valence-electron chi connectivity index (χ1n) is 4.72. The van der Waals surface area contributed by atoms with Gasteiger partial charge in [-0.05, 0) is 12.1 Å². The molecule has 0 radical (unpaired) electrons. The minimum Gasteiger partial charge on any atom is -0.455 e. The Morgan fingerprint density at radius 1 is 1.10 bits per heavy atom. The summed E-state index contributed by atoms with van der Waals surface area (Å²) >= 11 is 10.8. The SMILES string of the molecule is O=C(OCC(F)(F)C(F)(F)F)c1cc(F)c(Cl)cc1Cl. The fourth-order valence-corrected chi connectivity index (χ4v) is 1.46. The van der Waals surface area contributed by atoms with Crippen LogP contribution in [0, 0.1) is 5.82 Å². The van der Waals surface area contributed by atoms with Gasteiger partial charge in [-0.2, -0.15) is 22.0 Å². The molecule has 0 saturated carbocycles. The van der Waals surface area contributed by atoms with Crippen molar-refractivity contribution in [2.75, 3.05) is 6.61 Å². The van der Waals surface area contributed by atoms with Crippen LogP contribution in [-0.2, 0) is 4.74 Å². The number of ether oxygens (including phenoxy) is 1. The molecule has 1 aromatic rings. The molecule has 0 aromatic heterocycles. The fourth-order valence-electron chi connectivity index (χ4n) is 0.995. The van der Waals surface area contributed by atoms with E-state index in [0.29, 0.717) is 6.07 Å². The molecule has 0 fully saturated rings. The molecular weight excluding hydrogens is 337 g/mol. The predicted octanol–water partition coefficient (Wildman–Crippen LogP) is 4.49. The number of hydrogen-bond donors (Lipinski definition) is 0. The standard InChI is InChI=1S/C10H4Cl2F6O2/c11-5-2-6(12)7(13)1-4(5)8(19)20-3-9(14,15)10(16,17)18/h1-2H,3H2. The third-order valence-electron chi connectivity index (χ3n) is 2.03. The molecule has 0 unspecified atom stereocenters. The molecule has 1 rings (SSSR count). The third kappa shape index (κ3) is 3.69. The average molecular weight is 341 g/mol. The highest BCUT2D eigenvalue weighted by Crippen LogP contribution is 2.35. The first-order valence-corrected chi connectivity index (χ1v) is 5.47. The smallest absolute Gasteiger partial charge is 0.455 e. The number of esters is 1. The summed E-state index contributed by atoms with van der Waals surface area (Å²) in [7, 11) is 0. The van der Waals surface area contributed by atoms with Crippen molar-refractivity contribution in [3.05, 3.63) is 33.6 Å². The van der Waals surface area contributed by atoms with Gasteiger partial charge in [-0.3, -0.25) is 0 Å². The molecule has 0 saturated heterocycles. The van der Waals surface area contributed by atoms with E-state index in [1.807, 2.05) is 0 Å². The highest BCUT2D eigenvalue weighted by atomic mass is 35.5. The largest absolute Gasteiger partial charge is 0.456 e. The van der Waals surface area contributed by atoms with E-state index in [4.69, 9.17) is 23.2 Å². The molecule has 1 aromatic carbocycles. The summed E-state index contributed by atoms with van der Waals surface area (Å²) < 4.78 is 77.4. The Labute approximate surface area is 118 Å². The number of hydrogen-bond acceptors (Lipinski definition) is 2. The van der Waals surface area contributed by atoms with Crippen LogP contribution in [0.5, 0.6) is 0 Å². The van der Waals surface area contributed by atoms with Gasteiger partial charge in [-0.15, -0.1) is 0 Å². The Kier molecular flexibility index (Phi) is 4.81. The van der Waals surface area contributed by atoms with Gasteiger partial charge in [-0.1, -0.05) is 23.2 Å². The van der Waals surface area contributed by atoms with Gasteiger partial charge < -0.3 is 4.74 Å². The van der Waals surface area contributed by atoms with Crippen LogP contribution in [0.2, 0.25) is 10.0 Å². The molecule has 10 heteroatoms. The van der Waals surface area contributed by atoms with Crippen molar-refractivity contribution in [1.29, 1.82) is 0 Å². The van der Waals surface area contributed by atoms with Crippen molar-refractivity contribution >= 4 is 29.2 Å². The fraction of sp³-hybridized carbons (Fsp3) is 0.300. The zero-order valence-electron chi connectivity index (χ0n) is 9.20. The number of halogens is 8. The van der Waals surface area contributed by atoms with Crippen molar-refractivity contribution < 1.29 is 35.9 Å². The van der Waals surface area contributed by atoms with Crippen LogP contribution in [0.1, 0.15) is 10.4 Å². The third-order valence-corrected chi connectivity index (χ3v) is 2.63. The first-order chi connectivity index (χ1) is 8.95. The Hall–Kier alpha value is -1.15. The van der Waals surface area contributed by atoms with Gasteiger partial charge in [0.25, 0.3) is 0 Å². The summed E-state index contributed by atoms with van der Waals surface area (Å²) in [6.07, 6.45) is -5.87. The summed E-state index contributed by atoms with van der Waals surface area (Å²) in [4.78, 5) is 11.3. The molecular formula is C10H4Cl2F6O2. The Morgan fingerprint density at radius 3 is 2.15 bits per heavy atom. The van der Waals surface area contributed by atoms with Crippen LogP contribution in [0.25, 0.3) is 0 Å². The average Bonchev–Trinajstić information content (AvgIpc) is 2.29. The van der Waals surface area contributed by atoms with Gasteiger partial charge in [0.05, 0.1) is 15.6 Å². The highest BCUT2D eigenvalue weighted by Gasteiger charge is 2.58. The topological polar surface area (TPSA) is 26.3 Å². The molecule has 0 N–H and O–H groups in total. The van der Waals surface area contributed by atoms with Crippen molar-refractivity contribution in [1.82, 2.24) is 0 Å². The van der Waals surface area contributed by atoms with Crippen molar-refractivity contribution in [3.8, 4) is 0 Å². The monoisotopic (exact) mass is 340 g/mol. The van der Waals surface area contributed by atoms with Crippen LogP contribution in [-0.4, -0.2) is 24.7 Å². The quantitative estimate of drug-likeness (QED) is 0.460. The summed E-state index contributed by atoms with van der Waals surface area (Å²) in [5, 5.41) is -0.899. The van der Waals surface area contributed by atoms with Gasteiger partial charge in [-0.25, -0.2) is 9.18 Å². The molecule has 0 bridgehead atoms. The van der Waals surface area contributed by atoms with Gasteiger partial charge >= 0.3 is 18.1 Å². The molecule has 112 valence electrons.